The average molecular weight is 498 g/mol. The molecule has 1 N–H and O–H groups in total. The summed E-state index contributed by atoms with van der Waals surface area (Å²) in [5.41, 5.74) is 0.842. The summed E-state index contributed by atoms with van der Waals surface area (Å²) < 4.78 is 39.5. The van der Waals surface area contributed by atoms with Crippen molar-refractivity contribution >= 4 is 39.1 Å². The Morgan fingerprint density at radius 3 is 2.27 bits per heavy atom. The minimum Gasteiger partial charge on any atom is -0.352 e. The molecule has 0 aliphatic heterocycles. The second-order valence-corrected chi connectivity index (χ2v) is 10.3. The number of halogens is 2. The molecule has 0 aliphatic carbocycles. The molecular formula is C23H29ClFN3O4S. The van der Waals surface area contributed by atoms with Gasteiger partial charge in [0.15, 0.2) is 0 Å². The van der Waals surface area contributed by atoms with E-state index in [4.69, 9.17) is 11.6 Å². The Morgan fingerprint density at radius 2 is 1.76 bits per heavy atom. The van der Waals surface area contributed by atoms with Crippen molar-refractivity contribution in [2.45, 2.75) is 45.8 Å². The second-order valence-electron chi connectivity index (χ2n) is 7.96. The molecule has 0 radical (unpaired) electrons. The SMILES string of the molecule is CC[C@@H](C(=O)NC(C)C)N(Cc1ccccc1)C(=O)CN(c1ccc(F)c(Cl)c1)S(C)(=O)=O. The van der Waals surface area contributed by atoms with Crippen LogP contribution in [0.1, 0.15) is 32.8 Å². The monoisotopic (exact) mass is 497 g/mol. The predicted octanol–water partition coefficient (Wildman–Crippen LogP) is 3.58. The molecule has 0 saturated heterocycles. The van der Waals surface area contributed by atoms with Crippen LogP contribution in [0.15, 0.2) is 48.5 Å². The molecule has 0 saturated carbocycles. The van der Waals surface area contributed by atoms with Gasteiger partial charge in [-0.25, -0.2) is 12.8 Å². The zero-order valence-electron chi connectivity index (χ0n) is 19.1. The topological polar surface area (TPSA) is 86.8 Å². The van der Waals surface area contributed by atoms with Gasteiger partial charge < -0.3 is 10.2 Å². The molecule has 2 aromatic carbocycles. The summed E-state index contributed by atoms with van der Waals surface area (Å²) in [5, 5.41) is 2.55. The van der Waals surface area contributed by atoms with Gasteiger partial charge in [0, 0.05) is 12.6 Å². The van der Waals surface area contributed by atoms with Gasteiger partial charge in [-0.15, -0.1) is 0 Å². The maximum absolute atomic E-state index is 13.6. The molecule has 2 rings (SSSR count). The number of hydrogen-bond donors (Lipinski definition) is 1. The van der Waals surface area contributed by atoms with E-state index in [1.165, 1.54) is 11.0 Å². The van der Waals surface area contributed by atoms with Gasteiger partial charge in [0.1, 0.15) is 18.4 Å². The molecule has 7 nitrogen and oxygen atoms in total. The van der Waals surface area contributed by atoms with E-state index in [2.05, 4.69) is 5.32 Å². The summed E-state index contributed by atoms with van der Waals surface area (Å²) in [4.78, 5) is 27.7. The lowest BCUT2D eigenvalue weighted by Crippen LogP contribution is -2.53. The van der Waals surface area contributed by atoms with Crippen LogP contribution in [0.5, 0.6) is 0 Å². The highest BCUT2D eigenvalue weighted by Crippen LogP contribution is 2.25. The van der Waals surface area contributed by atoms with Crippen molar-refractivity contribution in [1.82, 2.24) is 10.2 Å². The van der Waals surface area contributed by atoms with Crippen molar-refractivity contribution in [2.75, 3.05) is 17.1 Å². The van der Waals surface area contributed by atoms with Gasteiger partial charge in [0.2, 0.25) is 21.8 Å². The van der Waals surface area contributed by atoms with E-state index in [1.54, 1.807) is 6.92 Å². The van der Waals surface area contributed by atoms with Gasteiger partial charge in [0.25, 0.3) is 0 Å². The van der Waals surface area contributed by atoms with Gasteiger partial charge in [-0.2, -0.15) is 0 Å². The number of hydrogen-bond acceptors (Lipinski definition) is 4. The number of nitrogens with zero attached hydrogens (tertiary/aromatic N) is 2. The Labute approximate surface area is 199 Å². The first kappa shape index (κ1) is 26.6. The Morgan fingerprint density at radius 1 is 1.12 bits per heavy atom. The maximum atomic E-state index is 13.6. The van der Waals surface area contributed by atoms with Crippen LogP contribution in [0.4, 0.5) is 10.1 Å². The molecule has 0 aliphatic rings. The average Bonchev–Trinajstić information content (AvgIpc) is 2.73. The largest absolute Gasteiger partial charge is 0.352 e. The zero-order valence-corrected chi connectivity index (χ0v) is 20.7. The Balaban J connectivity index is 2.43. The van der Waals surface area contributed by atoms with Gasteiger partial charge >= 0.3 is 0 Å². The van der Waals surface area contributed by atoms with Crippen LogP contribution in [0.3, 0.4) is 0 Å². The highest BCUT2D eigenvalue weighted by atomic mass is 35.5. The molecule has 1 atom stereocenters. The highest BCUT2D eigenvalue weighted by molar-refractivity contribution is 7.92. The Bertz CT molecular complexity index is 1080. The Hall–Kier alpha value is -2.65. The van der Waals surface area contributed by atoms with Gasteiger partial charge in [-0.1, -0.05) is 48.9 Å². The molecule has 0 fully saturated rings. The van der Waals surface area contributed by atoms with E-state index in [9.17, 15) is 22.4 Å². The number of nitrogens with one attached hydrogen (secondary N) is 1. The molecule has 2 amide bonds. The Kier molecular flexibility index (Phi) is 9.25. The van der Waals surface area contributed by atoms with Crippen LogP contribution in [0.25, 0.3) is 0 Å². The minimum atomic E-state index is -3.92. The summed E-state index contributed by atoms with van der Waals surface area (Å²) >= 11 is 5.83. The number of carbonyl (C=O) groups is 2. The number of anilines is 1. The van der Waals surface area contributed by atoms with Crippen molar-refractivity contribution in [1.29, 1.82) is 0 Å². The molecule has 33 heavy (non-hydrogen) atoms. The first-order chi connectivity index (χ1) is 15.4. The fraction of sp³-hybridized carbons (Fsp3) is 0.391. The number of carbonyl (C=O) groups excluding carboxylic acids is 2. The third-order valence-electron chi connectivity index (χ3n) is 4.88. The number of benzene rings is 2. The lowest BCUT2D eigenvalue weighted by atomic mass is 10.1. The summed E-state index contributed by atoms with van der Waals surface area (Å²) in [6.45, 7) is 4.96. The van der Waals surface area contributed by atoms with E-state index in [-0.39, 0.29) is 29.2 Å². The van der Waals surface area contributed by atoms with E-state index >= 15 is 0 Å². The summed E-state index contributed by atoms with van der Waals surface area (Å²) in [6, 6.07) is 11.6. The van der Waals surface area contributed by atoms with E-state index in [1.807, 2.05) is 44.2 Å². The van der Waals surface area contributed by atoms with Gasteiger partial charge in [0.05, 0.1) is 17.0 Å². The van der Waals surface area contributed by atoms with Crippen molar-refractivity contribution in [2.24, 2.45) is 0 Å². The summed E-state index contributed by atoms with van der Waals surface area (Å²) in [7, 11) is -3.92. The third-order valence-corrected chi connectivity index (χ3v) is 6.31. The number of rotatable bonds is 10. The quantitative estimate of drug-likeness (QED) is 0.543. The van der Waals surface area contributed by atoms with E-state index < -0.39 is 34.3 Å². The van der Waals surface area contributed by atoms with E-state index in [0.29, 0.717) is 6.42 Å². The fourth-order valence-electron chi connectivity index (χ4n) is 3.33. The number of amides is 2. The van der Waals surface area contributed by atoms with Gasteiger partial charge in [-0.3, -0.25) is 13.9 Å². The van der Waals surface area contributed by atoms with Crippen molar-refractivity contribution < 1.29 is 22.4 Å². The molecular weight excluding hydrogens is 469 g/mol. The fourth-order valence-corrected chi connectivity index (χ4v) is 4.35. The molecule has 0 bridgehead atoms. The van der Waals surface area contributed by atoms with Crippen LogP contribution in [-0.2, 0) is 26.2 Å². The molecule has 180 valence electrons. The van der Waals surface area contributed by atoms with Gasteiger partial charge in [-0.05, 0) is 44.0 Å². The third kappa shape index (κ3) is 7.43. The van der Waals surface area contributed by atoms with Crippen molar-refractivity contribution in [3.05, 3.63) is 64.9 Å². The van der Waals surface area contributed by atoms with Crippen LogP contribution in [0, 0.1) is 5.82 Å². The van der Waals surface area contributed by atoms with Crippen LogP contribution in [0.2, 0.25) is 5.02 Å². The second kappa shape index (κ2) is 11.5. The summed E-state index contributed by atoms with van der Waals surface area (Å²) in [5.74, 6) is -1.61. The molecule has 0 spiro atoms. The standard InChI is InChI=1S/C23H29ClFN3O4S/c1-5-21(23(30)26-16(2)3)27(14-17-9-7-6-8-10-17)22(29)15-28(33(4,31)32)18-11-12-20(25)19(24)13-18/h6-13,16,21H,5,14-15H2,1-4H3,(H,26,30)/t21-/m0/s1. The van der Waals surface area contributed by atoms with Crippen LogP contribution in [-0.4, -0.2) is 50.0 Å². The molecule has 2 aromatic rings. The van der Waals surface area contributed by atoms with Crippen molar-refractivity contribution in [3.8, 4) is 0 Å². The maximum Gasteiger partial charge on any atom is 0.244 e. The molecule has 10 heteroatoms. The first-order valence-corrected chi connectivity index (χ1v) is 12.7. The molecule has 0 aromatic heterocycles. The lowest BCUT2D eigenvalue weighted by molar-refractivity contribution is -0.140. The number of sulfonamides is 1. The predicted molar refractivity (Wildman–Crippen MR) is 128 cm³/mol. The lowest BCUT2D eigenvalue weighted by Gasteiger charge is -2.33. The van der Waals surface area contributed by atoms with E-state index in [0.717, 1.165) is 28.3 Å². The molecule has 0 unspecified atom stereocenters. The first-order valence-electron chi connectivity index (χ1n) is 10.5. The highest BCUT2D eigenvalue weighted by Gasteiger charge is 2.32. The smallest absolute Gasteiger partial charge is 0.244 e. The van der Waals surface area contributed by atoms with Crippen molar-refractivity contribution in [3.63, 3.8) is 0 Å². The zero-order chi connectivity index (χ0) is 24.8. The van der Waals surface area contributed by atoms with Crippen LogP contribution >= 0.6 is 11.6 Å². The summed E-state index contributed by atoms with van der Waals surface area (Å²) in [6.07, 6.45) is 1.28. The molecule has 0 heterocycles. The normalized spacial score (nSPS) is 12.3. The minimum absolute atomic E-state index is 0.0524. The van der Waals surface area contributed by atoms with Crippen LogP contribution < -0.4 is 9.62 Å².